The molecule has 1 aliphatic heterocycles. The predicted molar refractivity (Wildman–Crippen MR) is 55.6 cm³/mol. The minimum Gasteiger partial charge on any atom is -0.492 e. The van der Waals surface area contributed by atoms with Crippen LogP contribution in [0.15, 0.2) is 12.1 Å². The molecule has 0 atom stereocenters. The van der Waals surface area contributed by atoms with Gasteiger partial charge in [0.05, 0.1) is 0 Å². The fraction of sp³-hybridized carbons (Fsp3) is 0.500. The first-order valence-corrected chi connectivity index (χ1v) is 5.51. The van der Waals surface area contributed by atoms with Gasteiger partial charge in [0, 0.05) is 18.7 Å². The highest BCUT2D eigenvalue weighted by atomic mass is 19.1. The highest BCUT2D eigenvalue weighted by molar-refractivity contribution is 5.46. The Kier molecular flexibility index (Phi) is 2.13. The molecule has 15 heavy (non-hydrogen) atoms. The zero-order chi connectivity index (χ0) is 10.3. The molecule has 1 N–H and O–H groups in total. The van der Waals surface area contributed by atoms with E-state index in [0.29, 0.717) is 24.6 Å². The molecule has 0 bridgehead atoms. The number of hydrogen-bond acceptors (Lipinski definition) is 2. The quantitative estimate of drug-likeness (QED) is 0.762. The summed E-state index contributed by atoms with van der Waals surface area (Å²) in [6.45, 7) is 2.01. The number of nitrogens with one attached hydrogen (secondary N) is 1. The first-order chi connectivity index (χ1) is 7.36. The van der Waals surface area contributed by atoms with Gasteiger partial charge in [-0.2, -0.15) is 0 Å². The molecule has 2 aliphatic rings. The molecule has 1 aromatic carbocycles. The Morgan fingerprint density at radius 1 is 1.33 bits per heavy atom. The molecule has 0 spiro atoms. The molecule has 1 fully saturated rings. The molecular formula is C12H14FNO. The summed E-state index contributed by atoms with van der Waals surface area (Å²) in [5.74, 6) is 1.27. The molecule has 1 heterocycles. The van der Waals surface area contributed by atoms with Crippen molar-refractivity contribution in [3.63, 3.8) is 0 Å². The van der Waals surface area contributed by atoms with E-state index in [4.69, 9.17) is 4.74 Å². The third-order valence-electron chi connectivity index (χ3n) is 3.08. The van der Waals surface area contributed by atoms with Crippen LogP contribution in [0.3, 0.4) is 0 Å². The normalized spacial score (nSPS) is 20.3. The minimum atomic E-state index is -0.149. The Hall–Kier alpha value is -1.09. The smallest absolute Gasteiger partial charge is 0.131 e. The van der Waals surface area contributed by atoms with Crippen molar-refractivity contribution < 1.29 is 9.13 Å². The van der Waals surface area contributed by atoms with Crippen molar-refractivity contribution in [3.8, 4) is 5.75 Å². The molecule has 2 nitrogen and oxygen atoms in total. The SMILES string of the molecule is Fc1ccc(C2CC2)c2c1CNCCO2. The van der Waals surface area contributed by atoms with E-state index in [1.807, 2.05) is 6.07 Å². The fourth-order valence-electron chi connectivity index (χ4n) is 2.11. The first kappa shape index (κ1) is 9.16. The van der Waals surface area contributed by atoms with Crippen molar-refractivity contribution in [2.45, 2.75) is 25.3 Å². The van der Waals surface area contributed by atoms with Gasteiger partial charge in [-0.05, 0) is 30.4 Å². The summed E-state index contributed by atoms with van der Waals surface area (Å²) in [4.78, 5) is 0. The van der Waals surface area contributed by atoms with E-state index in [-0.39, 0.29) is 5.82 Å². The summed E-state index contributed by atoms with van der Waals surface area (Å²) < 4.78 is 19.3. The molecule has 3 rings (SSSR count). The molecular weight excluding hydrogens is 193 g/mol. The van der Waals surface area contributed by atoms with Crippen molar-refractivity contribution in [2.24, 2.45) is 0 Å². The summed E-state index contributed by atoms with van der Waals surface area (Å²) in [5, 5.41) is 3.17. The molecule has 1 saturated carbocycles. The molecule has 80 valence electrons. The number of halogens is 1. The third kappa shape index (κ3) is 1.61. The number of hydrogen-bond donors (Lipinski definition) is 1. The van der Waals surface area contributed by atoms with Crippen LogP contribution in [0.2, 0.25) is 0 Å². The fourth-order valence-corrected chi connectivity index (χ4v) is 2.11. The zero-order valence-electron chi connectivity index (χ0n) is 8.55. The average molecular weight is 207 g/mol. The molecule has 3 heteroatoms. The standard InChI is InChI=1S/C12H14FNO/c13-11-4-3-9(8-1-2-8)12-10(11)7-14-5-6-15-12/h3-4,8,14H,1-2,5-7H2. The Labute approximate surface area is 88.4 Å². The highest BCUT2D eigenvalue weighted by Gasteiger charge is 2.29. The number of fused-ring (bicyclic) bond motifs is 1. The highest BCUT2D eigenvalue weighted by Crippen LogP contribution is 2.46. The van der Waals surface area contributed by atoms with Gasteiger partial charge >= 0.3 is 0 Å². The second kappa shape index (κ2) is 3.49. The van der Waals surface area contributed by atoms with Gasteiger partial charge in [-0.25, -0.2) is 4.39 Å². The van der Waals surface area contributed by atoms with Crippen molar-refractivity contribution >= 4 is 0 Å². The molecule has 0 unspecified atom stereocenters. The molecule has 1 aliphatic carbocycles. The van der Waals surface area contributed by atoms with Crippen LogP contribution in [-0.2, 0) is 6.54 Å². The van der Waals surface area contributed by atoms with Crippen LogP contribution >= 0.6 is 0 Å². The number of ether oxygens (including phenoxy) is 1. The van der Waals surface area contributed by atoms with Crippen LogP contribution in [-0.4, -0.2) is 13.2 Å². The van der Waals surface area contributed by atoms with Crippen molar-refractivity contribution in [1.82, 2.24) is 5.32 Å². The van der Waals surface area contributed by atoms with E-state index in [0.717, 1.165) is 12.3 Å². The average Bonchev–Trinajstić information content (AvgIpc) is 3.04. The van der Waals surface area contributed by atoms with Crippen molar-refractivity contribution in [2.75, 3.05) is 13.2 Å². The molecule has 0 radical (unpaired) electrons. The Bertz CT molecular complexity index is 387. The van der Waals surface area contributed by atoms with E-state index in [1.54, 1.807) is 6.07 Å². The van der Waals surface area contributed by atoms with Crippen LogP contribution in [0.4, 0.5) is 4.39 Å². The lowest BCUT2D eigenvalue weighted by atomic mass is 10.0. The van der Waals surface area contributed by atoms with Gasteiger partial charge < -0.3 is 10.1 Å². The Morgan fingerprint density at radius 2 is 2.20 bits per heavy atom. The second-order valence-corrected chi connectivity index (χ2v) is 4.24. The molecule has 0 saturated heterocycles. The number of rotatable bonds is 1. The predicted octanol–water partition coefficient (Wildman–Crippen LogP) is 2.19. The largest absolute Gasteiger partial charge is 0.492 e. The third-order valence-corrected chi connectivity index (χ3v) is 3.08. The van der Waals surface area contributed by atoms with Crippen LogP contribution in [0.5, 0.6) is 5.75 Å². The second-order valence-electron chi connectivity index (χ2n) is 4.24. The van der Waals surface area contributed by atoms with Gasteiger partial charge in [-0.15, -0.1) is 0 Å². The van der Waals surface area contributed by atoms with E-state index in [9.17, 15) is 4.39 Å². The zero-order valence-corrected chi connectivity index (χ0v) is 8.55. The maximum absolute atomic E-state index is 13.6. The van der Waals surface area contributed by atoms with Crippen LogP contribution in [0.1, 0.15) is 29.9 Å². The molecule has 1 aromatic rings. The maximum Gasteiger partial charge on any atom is 0.131 e. The lowest BCUT2D eigenvalue weighted by Crippen LogP contribution is -2.16. The van der Waals surface area contributed by atoms with Crippen LogP contribution in [0, 0.1) is 5.82 Å². The summed E-state index contributed by atoms with van der Waals surface area (Å²) >= 11 is 0. The van der Waals surface area contributed by atoms with E-state index in [2.05, 4.69) is 5.32 Å². The van der Waals surface area contributed by atoms with Gasteiger partial charge in [0.15, 0.2) is 0 Å². The summed E-state index contributed by atoms with van der Waals surface area (Å²) in [5.41, 5.74) is 1.91. The van der Waals surface area contributed by atoms with Gasteiger partial charge in [0.1, 0.15) is 18.2 Å². The number of benzene rings is 1. The maximum atomic E-state index is 13.6. The minimum absolute atomic E-state index is 0.149. The first-order valence-electron chi connectivity index (χ1n) is 5.51. The summed E-state index contributed by atoms with van der Waals surface area (Å²) in [7, 11) is 0. The molecule has 0 amide bonds. The van der Waals surface area contributed by atoms with Gasteiger partial charge in [-0.3, -0.25) is 0 Å². The van der Waals surface area contributed by atoms with Crippen molar-refractivity contribution in [3.05, 3.63) is 29.1 Å². The lowest BCUT2D eigenvalue weighted by molar-refractivity contribution is 0.321. The van der Waals surface area contributed by atoms with E-state index >= 15 is 0 Å². The van der Waals surface area contributed by atoms with Gasteiger partial charge in [-0.1, -0.05) is 6.07 Å². The van der Waals surface area contributed by atoms with Crippen LogP contribution < -0.4 is 10.1 Å². The van der Waals surface area contributed by atoms with Crippen LogP contribution in [0.25, 0.3) is 0 Å². The van der Waals surface area contributed by atoms with Crippen molar-refractivity contribution in [1.29, 1.82) is 0 Å². The van der Waals surface area contributed by atoms with E-state index in [1.165, 1.54) is 18.4 Å². The topological polar surface area (TPSA) is 21.3 Å². The Morgan fingerprint density at radius 3 is 3.00 bits per heavy atom. The van der Waals surface area contributed by atoms with E-state index < -0.39 is 0 Å². The summed E-state index contributed by atoms with van der Waals surface area (Å²) in [6, 6.07) is 3.46. The van der Waals surface area contributed by atoms with Gasteiger partial charge in [0.2, 0.25) is 0 Å². The van der Waals surface area contributed by atoms with Gasteiger partial charge in [0.25, 0.3) is 0 Å². The monoisotopic (exact) mass is 207 g/mol. The Balaban J connectivity index is 2.09. The summed E-state index contributed by atoms with van der Waals surface area (Å²) in [6.07, 6.45) is 2.43. The molecule has 0 aromatic heterocycles. The lowest BCUT2D eigenvalue weighted by Gasteiger charge is -2.12.